The van der Waals surface area contributed by atoms with E-state index in [-0.39, 0.29) is 48.6 Å². The fourth-order valence-electron chi connectivity index (χ4n) is 5.01. The van der Waals surface area contributed by atoms with E-state index in [4.69, 9.17) is 38.5 Å². The maximum absolute atomic E-state index is 13.6. The van der Waals surface area contributed by atoms with Gasteiger partial charge in [0.2, 0.25) is 0 Å². The molecule has 0 saturated carbocycles. The molecule has 17 heteroatoms. The van der Waals surface area contributed by atoms with Gasteiger partial charge >= 0.3 is 31.3 Å². The van der Waals surface area contributed by atoms with Crippen molar-refractivity contribution in [1.82, 2.24) is 9.55 Å². The van der Waals surface area contributed by atoms with Gasteiger partial charge < -0.3 is 18.9 Å². The number of hydrogen-bond acceptors (Lipinski definition) is 14. The molecule has 3 aromatic carbocycles. The van der Waals surface area contributed by atoms with Crippen LogP contribution in [-0.4, -0.2) is 65.6 Å². The van der Waals surface area contributed by atoms with Crippen LogP contribution in [0.5, 0.6) is 0 Å². The summed E-state index contributed by atoms with van der Waals surface area (Å²) in [6, 6.07) is 28.9. The molecule has 16 nitrogen and oxygen atoms in total. The quantitative estimate of drug-likeness (QED) is 0.0704. The number of nitrogens with zero attached hydrogens (tertiary/aromatic N) is 4. The number of anilines is 1. The monoisotopic (exact) mass is 741 g/mol. The molecule has 1 aromatic heterocycles. The molecule has 53 heavy (non-hydrogen) atoms. The number of carbonyl (C=O) groups is 3. The van der Waals surface area contributed by atoms with Crippen LogP contribution in [-0.2, 0) is 32.6 Å². The zero-order valence-electron chi connectivity index (χ0n) is 27.9. The largest absolute Gasteiger partial charge is 0.459 e. The van der Waals surface area contributed by atoms with Crippen molar-refractivity contribution in [2.24, 2.45) is 0 Å². The summed E-state index contributed by atoms with van der Waals surface area (Å²) in [5.41, 5.74) is -0.457. The Morgan fingerprint density at radius 2 is 1.25 bits per heavy atom. The van der Waals surface area contributed by atoms with Crippen molar-refractivity contribution in [2.75, 3.05) is 24.9 Å². The number of ether oxygens (including phenoxy) is 4. The molecule has 1 saturated heterocycles. The van der Waals surface area contributed by atoms with Gasteiger partial charge in [0.15, 0.2) is 18.4 Å². The highest BCUT2D eigenvalue weighted by Crippen LogP contribution is 2.47. The Labute approximate surface area is 303 Å². The van der Waals surface area contributed by atoms with E-state index in [2.05, 4.69) is 10.1 Å². The summed E-state index contributed by atoms with van der Waals surface area (Å²) < 4.78 is 48.3. The Hall–Kier alpha value is -6.16. The number of nitrogens with one attached hydrogen (secondary N) is 1. The lowest BCUT2D eigenvalue weighted by Gasteiger charge is -2.25. The van der Waals surface area contributed by atoms with Crippen LogP contribution in [0.15, 0.2) is 108 Å². The van der Waals surface area contributed by atoms with Crippen LogP contribution in [0.25, 0.3) is 0 Å². The fourth-order valence-corrected chi connectivity index (χ4v) is 6.29. The Morgan fingerprint density at radius 1 is 0.755 bits per heavy atom. The van der Waals surface area contributed by atoms with E-state index in [9.17, 15) is 23.7 Å². The second-order valence-corrected chi connectivity index (χ2v) is 12.8. The number of esters is 3. The van der Waals surface area contributed by atoms with Crippen LogP contribution in [0.2, 0.25) is 0 Å². The molecule has 4 atom stereocenters. The van der Waals surface area contributed by atoms with Crippen molar-refractivity contribution >= 4 is 31.5 Å². The van der Waals surface area contributed by atoms with Crippen molar-refractivity contribution in [3.63, 3.8) is 0 Å². The van der Waals surface area contributed by atoms with E-state index in [0.717, 1.165) is 4.57 Å². The van der Waals surface area contributed by atoms with Gasteiger partial charge in [0.1, 0.15) is 18.5 Å². The summed E-state index contributed by atoms with van der Waals surface area (Å²) in [5, 5.41) is 20.1. The van der Waals surface area contributed by atoms with E-state index in [0.29, 0.717) is 0 Å². The highest BCUT2D eigenvalue weighted by molar-refractivity contribution is 7.55. The molecule has 0 aliphatic carbocycles. The van der Waals surface area contributed by atoms with Gasteiger partial charge in [-0.3, -0.25) is 18.7 Å². The van der Waals surface area contributed by atoms with Gasteiger partial charge in [0.05, 0.1) is 54.9 Å². The third kappa shape index (κ3) is 10.2. The van der Waals surface area contributed by atoms with E-state index in [1.54, 1.807) is 66.7 Å². The summed E-state index contributed by atoms with van der Waals surface area (Å²) in [4.78, 5) is 57.2. The van der Waals surface area contributed by atoms with Gasteiger partial charge in [0, 0.05) is 6.20 Å². The number of nitriles is 2. The Morgan fingerprint density at radius 3 is 1.74 bits per heavy atom. The fraction of sp³-hybridized carbons (Fsp3) is 0.250. The lowest BCUT2D eigenvalue weighted by Crippen LogP contribution is -2.42. The van der Waals surface area contributed by atoms with Gasteiger partial charge in [-0.25, -0.2) is 23.7 Å². The molecule has 1 aliphatic rings. The van der Waals surface area contributed by atoms with Crippen molar-refractivity contribution < 1.29 is 46.9 Å². The highest BCUT2D eigenvalue weighted by atomic mass is 31.2. The number of carbonyl (C=O) groups excluding carboxylic acids is 3. The van der Waals surface area contributed by atoms with Crippen LogP contribution in [0.4, 0.5) is 5.82 Å². The number of benzene rings is 3. The summed E-state index contributed by atoms with van der Waals surface area (Å²) in [6.07, 6.45) is -4.73. The smallest absolute Gasteiger partial charge is 0.433 e. The first-order valence-corrected chi connectivity index (χ1v) is 17.7. The van der Waals surface area contributed by atoms with Crippen LogP contribution >= 0.6 is 7.75 Å². The summed E-state index contributed by atoms with van der Waals surface area (Å²) in [6.45, 7) is -1.05. The second kappa shape index (κ2) is 18.4. The summed E-state index contributed by atoms with van der Waals surface area (Å²) in [5.74, 6) is -2.62. The molecule has 1 aliphatic heterocycles. The van der Waals surface area contributed by atoms with Crippen LogP contribution in [0.3, 0.4) is 0 Å². The average Bonchev–Trinajstić information content (AvgIpc) is 3.50. The molecule has 0 radical (unpaired) electrons. The third-order valence-electron chi connectivity index (χ3n) is 7.48. The molecule has 1 N–H and O–H groups in total. The number of rotatable bonds is 16. The van der Waals surface area contributed by atoms with Crippen molar-refractivity contribution in [2.45, 2.75) is 37.4 Å². The predicted molar refractivity (Wildman–Crippen MR) is 184 cm³/mol. The van der Waals surface area contributed by atoms with Crippen LogP contribution in [0.1, 0.15) is 50.1 Å². The molecule has 2 heterocycles. The third-order valence-corrected chi connectivity index (χ3v) is 9.03. The topological polar surface area (TPSA) is 218 Å². The van der Waals surface area contributed by atoms with Gasteiger partial charge in [0.25, 0.3) is 0 Å². The first-order chi connectivity index (χ1) is 25.7. The van der Waals surface area contributed by atoms with E-state index < -0.39 is 62.5 Å². The zero-order chi connectivity index (χ0) is 37.6. The molecule has 5 rings (SSSR count). The van der Waals surface area contributed by atoms with Gasteiger partial charge in [-0.2, -0.15) is 15.5 Å². The maximum Gasteiger partial charge on any atom is 0.433 e. The van der Waals surface area contributed by atoms with Crippen molar-refractivity contribution in [3.8, 4) is 12.1 Å². The Bertz CT molecular complexity index is 2050. The molecule has 4 aromatic rings. The van der Waals surface area contributed by atoms with E-state index in [1.807, 2.05) is 12.1 Å². The molecule has 0 bridgehead atoms. The first kappa shape index (κ1) is 38.1. The van der Waals surface area contributed by atoms with E-state index >= 15 is 0 Å². The van der Waals surface area contributed by atoms with Crippen LogP contribution < -0.4 is 10.8 Å². The molecule has 0 amide bonds. The summed E-state index contributed by atoms with van der Waals surface area (Å²) >= 11 is 0. The highest BCUT2D eigenvalue weighted by Gasteiger charge is 2.51. The minimum atomic E-state index is -4.20. The maximum atomic E-state index is 13.6. The predicted octanol–water partition coefficient (Wildman–Crippen LogP) is 4.83. The molecular formula is C36H32N5O11P. The van der Waals surface area contributed by atoms with Gasteiger partial charge in [-0.1, -0.05) is 54.6 Å². The Balaban J connectivity index is 1.48. The molecular weight excluding hydrogens is 709 g/mol. The van der Waals surface area contributed by atoms with E-state index in [1.165, 1.54) is 36.5 Å². The Kier molecular flexibility index (Phi) is 13.2. The lowest BCUT2D eigenvalue weighted by atomic mass is 10.1. The minimum Gasteiger partial charge on any atom is -0.459 e. The van der Waals surface area contributed by atoms with Gasteiger partial charge in [-0.15, -0.1) is 0 Å². The lowest BCUT2D eigenvalue weighted by molar-refractivity contribution is -0.0639. The zero-order valence-corrected chi connectivity index (χ0v) is 28.8. The molecule has 0 spiro atoms. The minimum absolute atomic E-state index is 0.123. The van der Waals surface area contributed by atoms with Crippen molar-refractivity contribution in [1.29, 1.82) is 10.5 Å². The second-order valence-electron chi connectivity index (χ2n) is 11.1. The summed E-state index contributed by atoms with van der Waals surface area (Å²) in [7, 11) is -4.20. The van der Waals surface area contributed by atoms with Crippen molar-refractivity contribution in [3.05, 3.63) is 130 Å². The standard InChI is InChI=1S/C36H32N5O11P/c37-19-10-22-48-53(46,49-23-11-20-38)40-29-18-21-41(36(45)39-29)32-31(52-35(44)27-16-8-3-9-17-27)30(51-34(43)26-14-6-2-7-15-26)28(50-32)24-47-33(42)25-12-4-1-5-13-25/h1-9,12-18,21,28,30-32H,10-11,22-24H2,(H,39,40,45,46)/t28-,30-,31-,32-/m1/s1. The normalized spacial score (nSPS) is 17.8. The first-order valence-electron chi connectivity index (χ1n) is 16.1. The number of hydrogen-bond donors (Lipinski definition) is 1. The van der Waals surface area contributed by atoms with Gasteiger partial charge in [-0.05, 0) is 42.5 Å². The average molecular weight is 742 g/mol. The SMILES string of the molecule is N#CCCOP(=O)(Nc1ccn([C@@H]2O[C@H](COC(=O)c3ccccc3)[C@@H](OC(=O)c3ccccc3)[C@H]2OC(=O)c2ccccc2)c(=O)n1)OCCC#N. The molecule has 272 valence electrons. The van der Waals surface area contributed by atoms with Crippen LogP contribution in [0, 0.1) is 22.7 Å². The number of aromatic nitrogens is 2. The molecule has 1 fully saturated rings. The molecule has 0 unspecified atom stereocenters.